The van der Waals surface area contributed by atoms with Crippen LogP contribution in [0.5, 0.6) is 0 Å². The number of aryl methyl sites for hydroxylation is 1. The van der Waals surface area contributed by atoms with Crippen LogP contribution in [0, 0.1) is 6.92 Å². The van der Waals surface area contributed by atoms with E-state index in [0.29, 0.717) is 11.6 Å². The van der Waals surface area contributed by atoms with Crippen LogP contribution in [0.3, 0.4) is 0 Å². The van der Waals surface area contributed by atoms with E-state index < -0.39 is 5.97 Å². The number of aromatic nitrogens is 1. The van der Waals surface area contributed by atoms with Crippen LogP contribution in [0.1, 0.15) is 24.1 Å². The first-order chi connectivity index (χ1) is 10.1. The summed E-state index contributed by atoms with van der Waals surface area (Å²) in [4.78, 5) is 27.6. The second-order valence-corrected chi connectivity index (χ2v) is 5.79. The number of carboxylic acids is 1. The molecule has 2 N–H and O–H groups in total. The van der Waals surface area contributed by atoms with Crippen molar-refractivity contribution in [2.45, 2.75) is 26.2 Å². The third kappa shape index (κ3) is 4.39. The molecule has 2 aromatic rings. The first-order valence-electron chi connectivity index (χ1n) is 6.61. The van der Waals surface area contributed by atoms with Gasteiger partial charge in [-0.1, -0.05) is 30.3 Å². The van der Waals surface area contributed by atoms with Crippen LogP contribution >= 0.6 is 11.3 Å². The van der Waals surface area contributed by atoms with Gasteiger partial charge in [-0.2, -0.15) is 0 Å². The van der Waals surface area contributed by atoms with Gasteiger partial charge in [0.15, 0.2) is 5.13 Å². The third-order valence-corrected chi connectivity index (χ3v) is 3.77. The fourth-order valence-electron chi connectivity index (χ4n) is 1.90. The fraction of sp³-hybridized carbons (Fsp3) is 0.267. The van der Waals surface area contributed by atoms with Crippen LogP contribution in [0.4, 0.5) is 5.13 Å². The van der Waals surface area contributed by atoms with Gasteiger partial charge in [0, 0.05) is 23.3 Å². The van der Waals surface area contributed by atoms with Gasteiger partial charge in [0.2, 0.25) is 5.91 Å². The number of amides is 1. The van der Waals surface area contributed by atoms with Crippen LogP contribution in [0.25, 0.3) is 11.3 Å². The first kappa shape index (κ1) is 15.2. The van der Waals surface area contributed by atoms with Crippen molar-refractivity contribution in [1.82, 2.24) is 4.98 Å². The second-order valence-electron chi connectivity index (χ2n) is 4.59. The van der Waals surface area contributed by atoms with E-state index >= 15 is 0 Å². The minimum absolute atomic E-state index is 0.000415. The summed E-state index contributed by atoms with van der Waals surface area (Å²) in [6.07, 6.45) is 0.516. The molecule has 0 radical (unpaired) electrons. The molecule has 6 heteroatoms. The lowest BCUT2D eigenvalue weighted by Gasteiger charge is -2.00. The number of carbonyl (C=O) groups is 2. The van der Waals surface area contributed by atoms with E-state index in [1.54, 1.807) is 0 Å². The van der Waals surface area contributed by atoms with E-state index in [9.17, 15) is 9.59 Å². The maximum absolute atomic E-state index is 11.7. The van der Waals surface area contributed by atoms with Gasteiger partial charge in [0.05, 0.1) is 5.69 Å². The summed E-state index contributed by atoms with van der Waals surface area (Å²) in [6.45, 7) is 1.96. The van der Waals surface area contributed by atoms with Gasteiger partial charge in [-0.05, 0) is 13.3 Å². The highest BCUT2D eigenvalue weighted by Gasteiger charge is 2.12. The van der Waals surface area contributed by atoms with E-state index in [2.05, 4.69) is 10.3 Å². The van der Waals surface area contributed by atoms with Gasteiger partial charge in [-0.25, -0.2) is 4.98 Å². The first-order valence-corrected chi connectivity index (χ1v) is 7.42. The summed E-state index contributed by atoms with van der Waals surface area (Å²) in [5.74, 6) is -1.09. The molecule has 1 heterocycles. The van der Waals surface area contributed by atoms with E-state index in [0.717, 1.165) is 16.1 Å². The lowest BCUT2D eigenvalue weighted by Crippen LogP contribution is -2.11. The molecule has 21 heavy (non-hydrogen) atoms. The van der Waals surface area contributed by atoms with E-state index in [4.69, 9.17) is 5.11 Å². The van der Waals surface area contributed by atoms with E-state index in [1.165, 1.54) is 11.3 Å². The molecular weight excluding hydrogens is 288 g/mol. The predicted octanol–water partition coefficient (Wildman–Crippen LogP) is 3.31. The molecule has 0 spiro atoms. The molecule has 110 valence electrons. The zero-order valence-corrected chi connectivity index (χ0v) is 12.4. The molecule has 0 aliphatic heterocycles. The molecular formula is C15H16N2O3S. The number of hydrogen-bond donors (Lipinski definition) is 2. The van der Waals surface area contributed by atoms with Crippen LogP contribution in [0.15, 0.2) is 30.3 Å². The highest BCUT2D eigenvalue weighted by Crippen LogP contribution is 2.30. The zero-order valence-electron chi connectivity index (χ0n) is 11.6. The molecule has 0 atom stereocenters. The Morgan fingerprint density at radius 1 is 1.24 bits per heavy atom. The SMILES string of the molecule is Cc1sc(NC(=O)CCCC(=O)O)nc1-c1ccccc1. The van der Waals surface area contributed by atoms with Gasteiger partial charge in [0.25, 0.3) is 0 Å². The zero-order chi connectivity index (χ0) is 15.2. The molecule has 0 unspecified atom stereocenters. The van der Waals surface area contributed by atoms with Crippen molar-refractivity contribution in [2.75, 3.05) is 5.32 Å². The van der Waals surface area contributed by atoms with Crippen molar-refractivity contribution in [3.05, 3.63) is 35.2 Å². The summed E-state index contributed by atoms with van der Waals surface area (Å²) >= 11 is 1.42. The molecule has 0 saturated heterocycles. The normalized spacial score (nSPS) is 10.3. The van der Waals surface area contributed by atoms with E-state index in [1.807, 2.05) is 37.3 Å². The maximum Gasteiger partial charge on any atom is 0.303 e. The smallest absolute Gasteiger partial charge is 0.303 e. The molecule has 5 nitrogen and oxygen atoms in total. The number of nitrogens with one attached hydrogen (secondary N) is 1. The average molecular weight is 304 g/mol. The molecule has 1 amide bonds. The van der Waals surface area contributed by atoms with Gasteiger partial charge in [0.1, 0.15) is 0 Å². The minimum atomic E-state index is -0.890. The van der Waals surface area contributed by atoms with Gasteiger partial charge in [-0.3, -0.25) is 9.59 Å². The van der Waals surface area contributed by atoms with Gasteiger partial charge >= 0.3 is 5.97 Å². The topological polar surface area (TPSA) is 79.3 Å². The molecule has 0 saturated carbocycles. The van der Waals surface area contributed by atoms with Gasteiger partial charge < -0.3 is 10.4 Å². The van der Waals surface area contributed by atoms with Crippen molar-refractivity contribution in [3.8, 4) is 11.3 Å². The number of rotatable bonds is 6. The molecule has 0 fully saturated rings. The number of carbonyl (C=O) groups excluding carboxylic acids is 1. The molecule has 0 aliphatic carbocycles. The Bertz CT molecular complexity index is 638. The van der Waals surface area contributed by atoms with Crippen LogP contribution in [0.2, 0.25) is 0 Å². The number of aliphatic carboxylic acids is 1. The average Bonchev–Trinajstić information content (AvgIpc) is 2.80. The van der Waals surface area contributed by atoms with Crippen LogP contribution in [-0.4, -0.2) is 22.0 Å². The quantitative estimate of drug-likeness (QED) is 0.858. The van der Waals surface area contributed by atoms with Crippen molar-refractivity contribution < 1.29 is 14.7 Å². The Morgan fingerprint density at radius 3 is 2.62 bits per heavy atom. The monoisotopic (exact) mass is 304 g/mol. The molecule has 0 bridgehead atoms. The van der Waals surface area contributed by atoms with E-state index in [-0.39, 0.29) is 18.7 Å². The second kappa shape index (κ2) is 6.99. The summed E-state index contributed by atoms with van der Waals surface area (Å²) in [6, 6.07) is 9.77. The summed E-state index contributed by atoms with van der Waals surface area (Å²) < 4.78 is 0. The number of thiazole rings is 1. The summed E-state index contributed by atoms with van der Waals surface area (Å²) in [7, 11) is 0. The third-order valence-electron chi connectivity index (χ3n) is 2.88. The van der Waals surface area contributed by atoms with Crippen molar-refractivity contribution in [1.29, 1.82) is 0 Å². The number of nitrogens with zero attached hydrogens (tertiary/aromatic N) is 1. The predicted molar refractivity (Wildman–Crippen MR) is 82.4 cm³/mol. The number of carboxylic acid groups (broad SMARTS) is 1. The summed E-state index contributed by atoms with van der Waals surface area (Å²) in [5, 5.41) is 11.8. The molecule has 1 aromatic carbocycles. The Morgan fingerprint density at radius 2 is 1.95 bits per heavy atom. The lowest BCUT2D eigenvalue weighted by molar-refractivity contribution is -0.137. The highest BCUT2D eigenvalue weighted by molar-refractivity contribution is 7.16. The minimum Gasteiger partial charge on any atom is -0.481 e. The molecule has 2 rings (SSSR count). The van der Waals surface area contributed by atoms with Crippen LogP contribution in [-0.2, 0) is 9.59 Å². The molecule has 1 aromatic heterocycles. The van der Waals surface area contributed by atoms with Gasteiger partial charge in [-0.15, -0.1) is 11.3 Å². The largest absolute Gasteiger partial charge is 0.481 e. The number of anilines is 1. The van der Waals surface area contributed by atoms with Crippen molar-refractivity contribution in [2.24, 2.45) is 0 Å². The highest BCUT2D eigenvalue weighted by atomic mass is 32.1. The number of hydrogen-bond acceptors (Lipinski definition) is 4. The van der Waals surface area contributed by atoms with Crippen LogP contribution < -0.4 is 5.32 Å². The lowest BCUT2D eigenvalue weighted by atomic mass is 10.1. The maximum atomic E-state index is 11.7. The Labute approximate surface area is 126 Å². The van der Waals surface area contributed by atoms with Crippen molar-refractivity contribution in [3.63, 3.8) is 0 Å². The fourth-order valence-corrected chi connectivity index (χ4v) is 2.75. The Kier molecular flexibility index (Phi) is 5.05. The Hall–Kier alpha value is -2.21. The molecule has 0 aliphatic rings. The standard InChI is InChI=1S/C15H16N2O3S/c1-10-14(11-6-3-2-4-7-11)17-15(21-10)16-12(18)8-5-9-13(19)20/h2-4,6-7H,5,8-9H2,1H3,(H,19,20)(H,16,17,18). The number of benzene rings is 1. The Balaban J connectivity index is 1.99. The van der Waals surface area contributed by atoms with Crippen molar-refractivity contribution >= 4 is 28.3 Å². The summed E-state index contributed by atoms with van der Waals surface area (Å²) in [5.41, 5.74) is 1.87.